The van der Waals surface area contributed by atoms with Gasteiger partial charge in [-0.1, -0.05) is 60.7 Å². The second-order valence-electron chi connectivity index (χ2n) is 6.05. The van der Waals surface area contributed by atoms with E-state index in [0.29, 0.717) is 6.42 Å². The Balaban J connectivity index is 1.65. The Morgan fingerprint density at radius 1 is 1.17 bits per heavy atom. The van der Waals surface area contributed by atoms with Crippen LogP contribution in [0.2, 0.25) is 0 Å². The molecule has 23 heavy (non-hydrogen) atoms. The third-order valence-corrected chi connectivity index (χ3v) is 4.25. The summed E-state index contributed by atoms with van der Waals surface area (Å²) >= 11 is 0. The highest BCUT2D eigenvalue weighted by atomic mass is 16.7. The predicted octanol–water partition coefficient (Wildman–Crippen LogP) is 3.28. The number of hydrogen-bond acceptors (Lipinski definition) is 4. The van der Waals surface area contributed by atoms with Gasteiger partial charge in [-0.05, 0) is 18.1 Å². The first kappa shape index (κ1) is 15.7. The lowest BCUT2D eigenvalue weighted by Gasteiger charge is -2.23. The van der Waals surface area contributed by atoms with E-state index < -0.39 is 11.6 Å². The monoisotopic (exact) mass is 311 g/mol. The SMILES string of the molecule is CN1O[C@](C)(c2ccccc2)C[C@H]1C(=O)OCc1ccccc1. The molecule has 3 rings (SSSR count). The van der Waals surface area contributed by atoms with Crippen LogP contribution in [0.5, 0.6) is 0 Å². The Morgan fingerprint density at radius 3 is 2.43 bits per heavy atom. The smallest absolute Gasteiger partial charge is 0.326 e. The van der Waals surface area contributed by atoms with Crippen LogP contribution in [0.25, 0.3) is 0 Å². The minimum absolute atomic E-state index is 0.254. The van der Waals surface area contributed by atoms with Gasteiger partial charge in [-0.15, -0.1) is 0 Å². The van der Waals surface area contributed by atoms with Gasteiger partial charge in [0.05, 0.1) is 0 Å². The molecule has 1 fully saturated rings. The molecule has 0 aromatic heterocycles. The van der Waals surface area contributed by atoms with Gasteiger partial charge in [0.25, 0.3) is 0 Å². The molecule has 1 saturated heterocycles. The van der Waals surface area contributed by atoms with Crippen LogP contribution in [0, 0.1) is 0 Å². The zero-order valence-corrected chi connectivity index (χ0v) is 13.4. The van der Waals surface area contributed by atoms with Gasteiger partial charge in [0.1, 0.15) is 18.2 Å². The van der Waals surface area contributed by atoms with Crippen molar-refractivity contribution >= 4 is 5.97 Å². The highest BCUT2D eigenvalue weighted by Gasteiger charge is 2.45. The van der Waals surface area contributed by atoms with E-state index in [0.717, 1.165) is 11.1 Å². The van der Waals surface area contributed by atoms with Crippen molar-refractivity contribution in [3.05, 3.63) is 71.8 Å². The number of carbonyl (C=O) groups excluding carboxylic acids is 1. The maximum atomic E-state index is 12.4. The molecule has 2 atom stereocenters. The lowest BCUT2D eigenvalue weighted by molar-refractivity contribution is -0.196. The number of carbonyl (C=O) groups is 1. The van der Waals surface area contributed by atoms with Crippen molar-refractivity contribution in [2.45, 2.75) is 31.6 Å². The molecule has 1 heterocycles. The average molecular weight is 311 g/mol. The topological polar surface area (TPSA) is 38.8 Å². The second kappa shape index (κ2) is 6.52. The van der Waals surface area contributed by atoms with Crippen molar-refractivity contribution < 1.29 is 14.4 Å². The number of likely N-dealkylation sites (N-methyl/N-ethyl adjacent to an activating group) is 1. The molecular formula is C19H21NO3. The predicted molar refractivity (Wildman–Crippen MR) is 87.3 cm³/mol. The van der Waals surface area contributed by atoms with Crippen LogP contribution in [-0.2, 0) is 26.6 Å². The number of hydroxylamine groups is 2. The van der Waals surface area contributed by atoms with E-state index in [1.807, 2.05) is 67.6 Å². The summed E-state index contributed by atoms with van der Waals surface area (Å²) < 4.78 is 5.45. The van der Waals surface area contributed by atoms with Crippen LogP contribution < -0.4 is 0 Å². The molecule has 1 aliphatic rings. The summed E-state index contributed by atoms with van der Waals surface area (Å²) in [5.74, 6) is -0.254. The van der Waals surface area contributed by atoms with Crippen molar-refractivity contribution in [2.75, 3.05) is 7.05 Å². The highest BCUT2D eigenvalue weighted by molar-refractivity contribution is 5.76. The number of ether oxygens (including phenoxy) is 1. The highest BCUT2D eigenvalue weighted by Crippen LogP contribution is 2.38. The van der Waals surface area contributed by atoms with E-state index >= 15 is 0 Å². The molecule has 0 radical (unpaired) electrons. The summed E-state index contributed by atoms with van der Waals surface area (Å²) in [6.45, 7) is 2.29. The maximum Gasteiger partial charge on any atom is 0.326 e. The van der Waals surface area contributed by atoms with Crippen molar-refractivity contribution in [1.29, 1.82) is 0 Å². The molecule has 0 N–H and O–H groups in total. The molecule has 120 valence electrons. The first-order valence-electron chi connectivity index (χ1n) is 7.76. The zero-order chi connectivity index (χ0) is 16.3. The van der Waals surface area contributed by atoms with Gasteiger partial charge in [-0.3, -0.25) is 9.63 Å². The van der Waals surface area contributed by atoms with Gasteiger partial charge >= 0.3 is 5.97 Å². The molecular weight excluding hydrogens is 290 g/mol. The molecule has 0 aliphatic carbocycles. The Morgan fingerprint density at radius 2 is 1.78 bits per heavy atom. The molecule has 0 saturated carbocycles. The van der Waals surface area contributed by atoms with E-state index in [1.165, 1.54) is 0 Å². The van der Waals surface area contributed by atoms with Gasteiger partial charge in [0.15, 0.2) is 0 Å². The minimum atomic E-state index is -0.507. The van der Waals surface area contributed by atoms with Gasteiger partial charge in [0, 0.05) is 13.5 Å². The normalized spacial score (nSPS) is 24.5. The van der Waals surface area contributed by atoms with Crippen LogP contribution in [-0.4, -0.2) is 24.1 Å². The quantitative estimate of drug-likeness (QED) is 0.812. The van der Waals surface area contributed by atoms with Crippen molar-refractivity contribution in [2.24, 2.45) is 0 Å². The number of nitrogens with zero attached hydrogens (tertiary/aromatic N) is 1. The average Bonchev–Trinajstić information content (AvgIpc) is 2.91. The van der Waals surface area contributed by atoms with Crippen LogP contribution in [0.4, 0.5) is 0 Å². The minimum Gasteiger partial charge on any atom is -0.460 e. The van der Waals surface area contributed by atoms with Gasteiger partial charge in [-0.2, -0.15) is 5.06 Å². The summed E-state index contributed by atoms with van der Waals surface area (Å²) in [4.78, 5) is 18.4. The fourth-order valence-electron chi connectivity index (χ4n) is 2.93. The second-order valence-corrected chi connectivity index (χ2v) is 6.05. The number of hydrogen-bond donors (Lipinski definition) is 0. The lowest BCUT2D eigenvalue weighted by Crippen LogP contribution is -2.33. The van der Waals surface area contributed by atoms with Crippen molar-refractivity contribution in [3.8, 4) is 0 Å². The molecule has 4 nitrogen and oxygen atoms in total. The summed E-state index contributed by atoms with van der Waals surface area (Å²) in [5, 5.41) is 1.61. The number of benzene rings is 2. The van der Waals surface area contributed by atoms with Crippen LogP contribution >= 0.6 is 0 Å². The third-order valence-electron chi connectivity index (χ3n) is 4.25. The number of rotatable bonds is 4. The van der Waals surface area contributed by atoms with Gasteiger partial charge in [0.2, 0.25) is 0 Å². The van der Waals surface area contributed by atoms with Crippen LogP contribution in [0.15, 0.2) is 60.7 Å². The van der Waals surface area contributed by atoms with Crippen molar-refractivity contribution in [1.82, 2.24) is 5.06 Å². The summed E-state index contributed by atoms with van der Waals surface area (Å²) in [6, 6.07) is 19.2. The van der Waals surface area contributed by atoms with Crippen molar-refractivity contribution in [3.63, 3.8) is 0 Å². The first-order valence-corrected chi connectivity index (χ1v) is 7.76. The summed E-state index contributed by atoms with van der Waals surface area (Å²) in [7, 11) is 1.78. The zero-order valence-electron chi connectivity index (χ0n) is 13.4. The number of esters is 1. The molecule has 0 spiro atoms. The molecule has 2 aromatic rings. The lowest BCUT2D eigenvalue weighted by atomic mass is 9.90. The van der Waals surface area contributed by atoms with E-state index in [1.54, 1.807) is 12.1 Å². The van der Waals surface area contributed by atoms with Crippen LogP contribution in [0.1, 0.15) is 24.5 Å². The van der Waals surface area contributed by atoms with E-state index in [-0.39, 0.29) is 12.6 Å². The largest absolute Gasteiger partial charge is 0.460 e. The molecule has 0 amide bonds. The van der Waals surface area contributed by atoms with E-state index in [2.05, 4.69) is 0 Å². The van der Waals surface area contributed by atoms with E-state index in [9.17, 15) is 4.79 Å². The van der Waals surface area contributed by atoms with Gasteiger partial charge in [-0.25, -0.2) is 0 Å². The summed E-state index contributed by atoms with van der Waals surface area (Å²) in [5.41, 5.74) is 1.53. The maximum absolute atomic E-state index is 12.4. The summed E-state index contributed by atoms with van der Waals surface area (Å²) in [6.07, 6.45) is 0.571. The van der Waals surface area contributed by atoms with Crippen LogP contribution in [0.3, 0.4) is 0 Å². The third kappa shape index (κ3) is 3.44. The first-order chi connectivity index (χ1) is 11.1. The van der Waals surface area contributed by atoms with E-state index in [4.69, 9.17) is 9.57 Å². The fraction of sp³-hybridized carbons (Fsp3) is 0.316. The molecule has 4 heteroatoms. The Kier molecular flexibility index (Phi) is 4.46. The molecule has 0 unspecified atom stereocenters. The molecule has 0 bridgehead atoms. The molecule has 2 aromatic carbocycles. The Hall–Kier alpha value is -2.17. The van der Waals surface area contributed by atoms with Gasteiger partial charge < -0.3 is 4.74 Å². The standard InChI is InChI=1S/C19H21NO3/c1-19(16-11-7-4-8-12-16)13-17(20(2)23-19)18(21)22-14-15-9-5-3-6-10-15/h3-12,17H,13-14H2,1-2H3/t17-,19-/m0/s1. The molecule has 1 aliphatic heterocycles. The fourth-order valence-corrected chi connectivity index (χ4v) is 2.93. The Bertz CT molecular complexity index is 659. The Labute approximate surface area is 136 Å².